The van der Waals surface area contributed by atoms with Gasteiger partial charge in [0.2, 0.25) is 0 Å². The molecule has 0 aromatic rings. The smallest absolute Gasteiger partial charge is 0.460 e. The van der Waals surface area contributed by atoms with Crippen LogP contribution in [0.2, 0.25) is 0 Å². The number of halogens is 46. The normalized spacial score (nSPS) is 16.9. The monoisotopic (exact) mass is 1280 g/mol. The van der Waals surface area contributed by atoms with Gasteiger partial charge in [-0.05, 0) is 0 Å². The van der Waals surface area contributed by atoms with Gasteiger partial charge in [0, 0.05) is 32.5 Å². The van der Waals surface area contributed by atoms with Crippen LogP contribution in [0.15, 0.2) is 0 Å². The van der Waals surface area contributed by atoms with Crippen molar-refractivity contribution >= 4 is 5.97 Å². The number of carbonyl (C=O) groups is 1. The van der Waals surface area contributed by atoms with Crippen molar-refractivity contribution in [3.63, 3.8) is 0 Å². The highest BCUT2D eigenvalue weighted by atomic mass is 19.5. The quantitative estimate of drug-likeness (QED) is 0.0834. The zero-order chi connectivity index (χ0) is 64.4. The third-order valence-electron chi connectivity index (χ3n) is 10.1. The number of carboxylic acids is 1. The highest BCUT2D eigenvalue weighted by molar-refractivity contribution is 5.66. The first-order valence-corrected chi connectivity index (χ1v) is 17.6. The lowest BCUT2D eigenvalue weighted by Crippen LogP contribution is -2.77. The van der Waals surface area contributed by atoms with Crippen molar-refractivity contribution in [3.8, 4) is 0 Å². The van der Waals surface area contributed by atoms with Crippen molar-refractivity contribution in [2.45, 2.75) is 150 Å². The molecule has 0 aromatic heterocycles. The standard InChI is InChI=1S/C29H13F46NO2/c30-8(31,10(34,35)12(38,39)14(42,43)16(46,47)18(50,51)20(54,55)22(58,59)24(62,63)26(66,67)28(70,71)72)2-5-76(4-1-7(77)78)6-3-9(32,33)11(36,37)13(40,41)15(44,45)17(48,49)19(52,53)21(56,57)23(60,61)25(64,65)27(68,69)29(73,74)75/h1-6H2,(H,77,78). The van der Waals surface area contributed by atoms with Crippen molar-refractivity contribution in [2.24, 2.45) is 0 Å². The van der Waals surface area contributed by atoms with Gasteiger partial charge in [0.15, 0.2) is 0 Å². The minimum atomic E-state index is -9.94. The van der Waals surface area contributed by atoms with Crippen LogP contribution < -0.4 is 0 Å². The molecule has 49 heteroatoms. The van der Waals surface area contributed by atoms with Crippen molar-refractivity contribution in [2.75, 3.05) is 19.6 Å². The molecule has 468 valence electrons. The minimum Gasteiger partial charge on any atom is -0.481 e. The first-order chi connectivity index (χ1) is 33.0. The highest BCUT2D eigenvalue weighted by Gasteiger charge is 3.01. The molecule has 0 aromatic carbocycles. The molecule has 0 amide bonds. The molecule has 0 fully saturated rings. The Bertz CT molecular complexity index is 1970. The van der Waals surface area contributed by atoms with Gasteiger partial charge in [-0.1, -0.05) is 0 Å². The summed E-state index contributed by atoms with van der Waals surface area (Å²) < 4.78 is 630. The molecule has 0 aliphatic heterocycles. The van der Waals surface area contributed by atoms with Crippen LogP contribution in [-0.2, 0) is 4.79 Å². The lowest BCUT2D eigenvalue weighted by atomic mass is 9.85. The highest BCUT2D eigenvalue weighted by Crippen LogP contribution is 2.70. The van der Waals surface area contributed by atoms with Crippen LogP contribution >= 0.6 is 0 Å². The molecular formula is C29H13F46NO2. The van der Waals surface area contributed by atoms with Crippen LogP contribution in [0.4, 0.5) is 202 Å². The summed E-state index contributed by atoms with van der Waals surface area (Å²) in [5.41, 5.74) is 0. The first-order valence-electron chi connectivity index (χ1n) is 17.6. The molecule has 1 N–H and O–H groups in total. The molecule has 0 radical (unpaired) electrons. The molecule has 78 heavy (non-hydrogen) atoms. The van der Waals surface area contributed by atoms with Crippen LogP contribution in [0.3, 0.4) is 0 Å². The van der Waals surface area contributed by atoms with Gasteiger partial charge < -0.3 is 10.0 Å². The predicted octanol–water partition coefficient (Wildman–Crippen LogP) is 15.4. The van der Waals surface area contributed by atoms with E-state index in [0.717, 1.165) is 0 Å². The number of hydrogen-bond acceptors (Lipinski definition) is 2. The number of hydrogen-bond donors (Lipinski definition) is 1. The molecule has 0 rings (SSSR count). The van der Waals surface area contributed by atoms with E-state index in [9.17, 15) is 207 Å². The third kappa shape index (κ3) is 9.81. The molecule has 0 aliphatic rings. The maximum Gasteiger partial charge on any atom is 0.460 e. The average molecular weight is 1280 g/mol. The molecule has 0 unspecified atom stereocenters. The second-order valence-corrected chi connectivity index (χ2v) is 15.2. The Kier molecular flexibility index (Phi) is 18.5. The van der Waals surface area contributed by atoms with E-state index in [2.05, 4.69) is 0 Å². The number of alkyl halides is 46. The number of nitrogens with zero attached hydrogens (tertiary/aromatic N) is 1. The summed E-state index contributed by atoms with van der Waals surface area (Å²) in [5.74, 6) is -190. The summed E-state index contributed by atoms with van der Waals surface area (Å²) in [6.07, 6.45) is -27.2. The lowest BCUT2D eigenvalue weighted by molar-refractivity contribution is -0.478. The lowest BCUT2D eigenvalue weighted by Gasteiger charge is -2.45. The molecule has 0 saturated heterocycles. The van der Waals surface area contributed by atoms with E-state index >= 15 is 0 Å². The Labute approximate surface area is 393 Å². The summed E-state index contributed by atoms with van der Waals surface area (Å²) in [7, 11) is 0. The van der Waals surface area contributed by atoms with Gasteiger partial charge in [-0.15, -0.1) is 0 Å². The molecule has 0 heterocycles. The molecular weight excluding hydrogens is 1270 g/mol. The second-order valence-electron chi connectivity index (χ2n) is 15.2. The summed E-state index contributed by atoms with van der Waals surface area (Å²) >= 11 is 0. The van der Waals surface area contributed by atoms with Gasteiger partial charge in [0.05, 0.1) is 6.42 Å². The molecule has 0 atom stereocenters. The van der Waals surface area contributed by atoms with E-state index in [0.29, 0.717) is 0 Å². The zero-order valence-electron chi connectivity index (χ0n) is 34.4. The van der Waals surface area contributed by atoms with Gasteiger partial charge >= 0.3 is 137 Å². The predicted molar refractivity (Wildman–Crippen MR) is 149 cm³/mol. The molecule has 3 nitrogen and oxygen atoms in total. The number of aliphatic carboxylic acids is 1. The maximum atomic E-state index is 14.5. The SMILES string of the molecule is O=C(O)CCN(CCC(F)(F)C(F)(F)C(F)(F)C(F)(F)C(F)(F)C(F)(F)C(F)(F)C(F)(F)C(F)(F)C(F)(F)C(F)(F)F)CCC(F)(F)C(F)(F)C(F)(F)C(F)(F)C(F)(F)C(F)(F)C(F)(F)C(F)(F)C(F)(F)C(F)(F)C(F)(F)F. The summed E-state index contributed by atoms with van der Waals surface area (Å²) in [5, 5.41) is 8.56. The molecule has 0 saturated carbocycles. The van der Waals surface area contributed by atoms with Crippen LogP contribution in [-0.4, -0.2) is 166 Å². The summed E-state index contributed by atoms with van der Waals surface area (Å²) in [4.78, 5) is 9.48. The van der Waals surface area contributed by atoms with E-state index in [1.807, 2.05) is 0 Å². The van der Waals surface area contributed by atoms with E-state index < -0.39 is 181 Å². The van der Waals surface area contributed by atoms with Gasteiger partial charge in [-0.3, -0.25) is 4.79 Å². The van der Waals surface area contributed by atoms with E-state index in [1.165, 1.54) is 0 Å². The third-order valence-corrected chi connectivity index (χ3v) is 10.1. The Morgan fingerprint density at radius 3 is 0.513 bits per heavy atom. The second kappa shape index (κ2) is 19.4. The maximum absolute atomic E-state index is 14.5. The van der Waals surface area contributed by atoms with E-state index in [1.54, 1.807) is 0 Å². The first kappa shape index (κ1) is 74.2. The Balaban J connectivity index is 7.41. The Morgan fingerprint density at radius 2 is 0.372 bits per heavy atom. The van der Waals surface area contributed by atoms with Crippen LogP contribution in [0.25, 0.3) is 0 Å². The van der Waals surface area contributed by atoms with E-state index in [4.69, 9.17) is 5.11 Å². The Hall–Kier alpha value is -3.79. The van der Waals surface area contributed by atoms with E-state index in [-0.39, 0.29) is 0 Å². The number of carboxylic acid groups (broad SMARTS) is 1. The molecule has 0 aliphatic carbocycles. The summed E-state index contributed by atoms with van der Waals surface area (Å²) in [6.45, 7) is -8.80. The minimum absolute atomic E-state index is 1.29. The van der Waals surface area contributed by atoms with Gasteiger partial charge in [-0.2, -0.15) is 202 Å². The van der Waals surface area contributed by atoms with Gasteiger partial charge in [0.25, 0.3) is 0 Å². The average Bonchev–Trinajstić information content (AvgIpc) is 3.20. The Morgan fingerprint density at radius 1 is 0.231 bits per heavy atom. The fourth-order valence-electron chi connectivity index (χ4n) is 5.08. The van der Waals surface area contributed by atoms with Crippen LogP contribution in [0.5, 0.6) is 0 Å². The zero-order valence-corrected chi connectivity index (χ0v) is 34.4. The van der Waals surface area contributed by atoms with Crippen LogP contribution in [0, 0.1) is 0 Å². The fourth-order valence-corrected chi connectivity index (χ4v) is 5.08. The topological polar surface area (TPSA) is 40.5 Å². The molecule has 0 bridgehead atoms. The van der Waals surface area contributed by atoms with Crippen molar-refractivity contribution in [1.82, 2.24) is 4.90 Å². The largest absolute Gasteiger partial charge is 0.481 e. The van der Waals surface area contributed by atoms with Crippen molar-refractivity contribution in [3.05, 3.63) is 0 Å². The van der Waals surface area contributed by atoms with Gasteiger partial charge in [-0.25, -0.2) is 0 Å². The molecule has 0 spiro atoms. The number of rotatable bonds is 27. The van der Waals surface area contributed by atoms with Gasteiger partial charge in [0.1, 0.15) is 0 Å². The fraction of sp³-hybridized carbons (Fsp3) is 0.966. The van der Waals surface area contributed by atoms with Crippen molar-refractivity contribution < 1.29 is 212 Å². The summed E-state index contributed by atoms with van der Waals surface area (Å²) in [6, 6.07) is 0. The van der Waals surface area contributed by atoms with Crippen molar-refractivity contribution in [1.29, 1.82) is 0 Å². The van der Waals surface area contributed by atoms with Crippen LogP contribution in [0.1, 0.15) is 19.3 Å².